The molecular weight excluding hydrogens is 328 g/mol. The number of hydrogen-bond donors (Lipinski definition) is 0. The maximum absolute atomic E-state index is 12.4. The van der Waals surface area contributed by atoms with Crippen LogP contribution in [0.1, 0.15) is 11.3 Å². The van der Waals surface area contributed by atoms with E-state index in [2.05, 4.69) is 9.97 Å². The van der Waals surface area contributed by atoms with Crippen molar-refractivity contribution >= 4 is 33.0 Å². The monoisotopic (exact) mass is 342 g/mol. The van der Waals surface area contributed by atoms with Crippen molar-refractivity contribution in [2.75, 3.05) is 0 Å². The molecule has 0 saturated heterocycles. The van der Waals surface area contributed by atoms with Crippen molar-refractivity contribution in [2.24, 2.45) is 0 Å². The highest BCUT2D eigenvalue weighted by atomic mass is 16.4. The fraction of sp³-hybridized carbons (Fsp3) is 0.0952. The van der Waals surface area contributed by atoms with Crippen molar-refractivity contribution in [3.63, 3.8) is 0 Å². The van der Waals surface area contributed by atoms with Gasteiger partial charge in [0.2, 0.25) is 5.89 Å². The summed E-state index contributed by atoms with van der Waals surface area (Å²) < 4.78 is 11.4. The van der Waals surface area contributed by atoms with Gasteiger partial charge in [-0.25, -0.2) is 9.78 Å². The normalized spacial score (nSPS) is 11.6. The quantitative estimate of drug-likeness (QED) is 0.411. The number of fused-ring (bicyclic) bond motifs is 4. The van der Waals surface area contributed by atoms with E-state index in [1.165, 1.54) is 0 Å². The predicted octanol–water partition coefficient (Wildman–Crippen LogP) is 4.77. The van der Waals surface area contributed by atoms with Crippen LogP contribution < -0.4 is 5.63 Å². The first-order valence-electron chi connectivity index (χ1n) is 8.31. The molecule has 0 N–H and O–H groups in total. The molecule has 0 fully saturated rings. The fourth-order valence-corrected chi connectivity index (χ4v) is 3.29. The molecule has 0 amide bonds. The molecule has 0 aliphatic carbocycles. The molecule has 3 heterocycles. The molecule has 5 heteroatoms. The van der Waals surface area contributed by atoms with Crippen LogP contribution in [-0.2, 0) is 0 Å². The van der Waals surface area contributed by atoms with E-state index in [1.54, 1.807) is 12.1 Å². The zero-order chi connectivity index (χ0) is 17.8. The Balaban J connectivity index is 1.85. The van der Waals surface area contributed by atoms with Crippen LogP contribution in [0.5, 0.6) is 0 Å². The molecule has 0 aliphatic rings. The summed E-state index contributed by atoms with van der Waals surface area (Å²) in [5, 5.41) is 1.70. The van der Waals surface area contributed by atoms with E-state index in [-0.39, 0.29) is 5.89 Å². The third-order valence-corrected chi connectivity index (χ3v) is 4.60. The number of rotatable bonds is 1. The number of aryl methyl sites for hydroxylation is 2. The van der Waals surface area contributed by atoms with Gasteiger partial charge in [-0.2, -0.15) is 0 Å². The summed E-state index contributed by atoms with van der Waals surface area (Å²) in [6.07, 6.45) is 0. The van der Waals surface area contributed by atoms with Gasteiger partial charge in [-0.1, -0.05) is 30.3 Å². The Morgan fingerprint density at radius 2 is 1.73 bits per heavy atom. The smallest absolute Gasteiger partial charge is 0.349 e. The zero-order valence-corrected chi connectivity index (χ0v) is 14.2. The lowest BCUT2D eigenvalue weighted by Gasteiger charge is -2.02. The summed E-state index contributed by atoms with van der Waals surface area (Å²) >= 11 is 0. The summed E-state index contributed by atoms with van der Waals surface area (Å²) in [6, 6.07) is 15.0. The van der Waals surface area contributed by atoms with Crippen molar-refractivity contribution in [1.29, 1.82) is 0 Å². The Morgan fingerprint density at radius 3 is 2.62 bits per heavy atom. The lowest BCUT2D eigenvalue weighted by atomic mass is 10.1. The molecule has 5 aromatic rings. The average Bonchev–Trinajstić information content (AvgIpc) is 3.08. The number of nitrogens with zero attached hydrogens (tertiary/aromatic N) is 2. The van der Waals surface area contributed by atoms with Crippen LogP contribution in [0.2, 0.25) is 0 Å². The van der Waals surface area contributed by atoms with E-state index in [1.807, 2.05) is 50.2 Å². The molecule has 3 aromatic heterocycles. The Hall–Kier alpha value is -3.47. The van der Waals surface area contributed by atoms with Crippen LogP contribution >= 0.6 is 0 Å². The van der Waals surface area contributed by atoms with E-state index in [9.17, 15) is 4.79 Å². The standard InChI is InChI=1S/C21H14N2O3/c1-11-6-5-8-14-17(11)22-12(2)18-19(14)26-20(23-18)15-10-13-7-3-4-9-16(13)25-21(15)24/h3-10H,1-2H3. The molecule has 0 spiro atoms. The summed E-state index contributed by atoms with van der Waals surface area (Å²) in [5.74, 6) is 0.249. The number of hydrogen-bond acceptors (Lipinski definition) is 5. The number of aromatic nitrogens is 2. The largest absolute Gasteiger partial charge is 0.435 e. The highest BCUT2D eigenvalue weighted by Crippen LogP contribution is 2.31. The third-order valence-electron chi connectivity index (χ3n) is 4.60. The van der Waals surface area contributed by atoms with E-state index in [0.717, 1.165) is 27.5 Å². The van der Waals surface area contributed by atoms with Gasteiger partial charge in [-0.15, -0.1) is 0 Å². The first kappa shape index (κ1) is 14.8. The van der Waals surface area contributed by atoms with Crippen LogP contribution in [0.4, 0.5) is 0 Å². The molecule has 0 saturated carbocycles. The Morgan fingerprint density at radius 1 is 0.885 bits per heavy atom. The molecule has 2 aromatic carbocycles. The second-order valence-electron chi connectivity index (χ2n) is 6.35. The van der Waals surface area contributed by atoms with Gasteiger partial charge in [-0.05, 0) is 37.6 Å². The molecule has 5 nitrogen and oxygen atoms in total. The van der Waals surface area contributed by atoms with Crippen LogP contribution in [0.15, 0.2) is 62.2 Å². The molecule has 0 aliphatic heterocycles. The first-order chi connectivity index (χ1) is 12.6. The Kier molecular flexibility index (Phi) is 3.00. The van der Waals surface area contributed by atoms with E-state index in [0.29, 0.717) is 22.2 Å². The third kappa shape index (κ3) is 2.07. The molecule has 0 bridgehead atoms. The Bertz CT molecular complexity index is 1380. The SMILES string of the molecule is Cc1cccc2c1nc(C)c1nc(-c3cc4ccccc4oc3=O)oc12. The van der Waals surface area contributed by atoms with Gasteiger partial charge in [0.1, 0.15) is 16.7 Å². The van der Waals surface area contributed by atoms with Crippen LogP contribution in [0, 0.1) is 13.8 Å². The fourth-order valence-electron chi connectivity index (χ4n) is 3.29. The average molecular weight is 342 g/mol. The lowest BCUT2D eigenvalue weighted by Crippen LogP contribution is -2.02. The van der Waals surface area contributed by atoms with Crippen LogP contribution in [0.25, 0.3) is 44.4 Å². The minimum absolute atomic E-state index is 0.249. The van der Waals surface area contributed by atoms with Gasteiger partial charge in [-0.3, -0.25) is 4.98 Å². The van der Waals surface area contributed by atoms with Crippen molar-refractivity contribution in [3.05, 3.63) is 70.2 Å². The first-order valence-corrected chi connectivity index (χ1v) is 8.31. The minimum atomic E-state index is -0.471. The summed E-state index contributed by atoms with van der Waals surface area (Å²) in [4.78, 5) is 21.6. The minimum Gasteiger partial charge on any atom is -0.435 e. The van der Waals surface area contributed by atoms with Gasteiger partial charge in [0, 0.05) is 10.8 Å². The molecule has 126 valence electrons. The lowest BCUT2D eigenvalue weighted by molar-refractivity contribution is 0.554. The summed E-state index contributed by atoms with van der Waals surface area (Å²) in [5.41, 5.74) is 4.38. The maximum atomic E-state index is 12.4. The molecule has 0 atom stereocenters. The molecule has 26 heavy (non-hydrogen) atoms. The maximum Gasteiger partial charge on any atom is 0.349 e. The highest BCUT2D eigenvalue weighted by molar-refractivity contribution is 6.03. The highest BCUT2D eigenvalue weighted by Gasteiger charge is 2.18. The summed E-state index contributed by atoms with van der Waals surface area (Å²) in [7, 11) is 0. The molecule has 0 radical (unpaired) electrons. The Labute approximate surface area is 147 Å². The number of pyridine rings is 1. The number of oxazole rings is 1. The van der Waals surface area contributed by atoms with Crippen molar-refractivity contribution in [1.82, 2.24) is 9.97 Å². The molecule has 0 unspecified atom stereocenters. The van der Waals surface area contributed by atoms with E-state index in [4.69, 9.17) is 8.83 Å². The van der Waals surface area contributed by atoms with Gasteiger partial charge in [0.25, 0.3) is 0 Å². The van der Waals surface area contributed by atoms with Crippen molar-refractivity contribution in [3.8, 4) is 11.5 Å². The van der Waals surface area contributed by atoms with E-state index >= 15 is 0 Å². The second kappa shape index (κ2) is 5.26. The predicted molar refractivity (Wildman–Crippen MR) is 100 cm³/mol. The molecule has 5 rings (SSSR count). The number of benzene rings is 2. The van der Waals surface area contributed by atoms with Crippen LogP contribution in [0.3, 0.4) is 0 Å². The summed E-state index contributed by atoms with van der Waals surface area (Å²) in [6.45, 7) is 3.90. The van der Waals surface area contributed by atoms with Gasteiger partial charge >= 0.3 is 5.63 Å². The van der Waals surface area contributed by atoms with Crippen LogP contribution in [-0.4, -0.2) is 9.97 Å². The van der Waals surface area contributed by atoms with Gasteiger partial charge in [0.05, 0.1) is 11.2 Å². The zero-order valence-electron chi connectivity index (χ0n) is 14.2. The second-order valence-corrected chi connectivity index (χ2v) is 6.35. The van der Waals surface area contributed by atoms with Gasteiger partial charge < -0.3 is 8.83 Å². The number of para-hydroxylation sites is 2. The van der Waals surface area contributed by atoms with Crippen molar-refractivity contribution < 1.29 is 8.83 Å². The van der Waals surface area contributed by atoms with E-state index < -0.39 is 5.63 Å². The molecular formula is C21H14N2O3. The topological polar surface area (TPSA) is 69.1 Å². The van der Waals surface area contributed by atoms with Gasteiger partial charge in [0.15, 0.2) is 5.58 Å². The van der Waals surface area contributed by atoms with Crippen molar-refractivity contribution in [2.45, 2.75) is 13.8 Å².